The molecule has 5 fully saturated rings. The Morgan fingerprint density at radius 2 is 1.54 bits per heavy atom. The van der Waals surface area contributed by atoms with Gasteiger partial charge in [0.25, 0.3) is 0 Å². The molecule has 3 aliphatic heterocycles. The van der Waals surface area contributed by atoms with E-state index < -0.39 is 48.6 Å². The molecule has 0 amide bonds. The van der Waals surface area contributed by atoms with Crippen LogP contribution in [0.5, 0.6) is 0 Å². The summed E-state index contributed by atoms with van der Waals surface area (Å²) >= 11 is 0. The molecule has 3 heterocycles. The molecule has 0 radical (unpaired) electrons. The maximum absolute atomic E-state index is 15.3. The van der Waals surface area contributed by atoms with Gasteiger partial charge in [-0.2, -0.15) is 0 Å². The third kappa shape index (κ3) is 8.99. The summed E-state index contributed by atoms with van der Waals surface area (Å²) in [5, 5.41) is 0. The van der Waals surface area contributed by atoms with Crippen molar-refractivity contribution in [3.63, 3.8) is 0 Å². The van der Waals surface area contributed by atoms with Gasteiger partial charge in [-0.1, -0.05) is 38.1 Å². The highest BCUT2D eigenvalue weighted by molar-refractivity contribution is 6.24. The van der Waals surface area contributed by atoms with Crippen LogP contribution >= 0.6 is 0 Å². The predicted molar refractivity (Wildman–Crippen MR) is 236 cm³/mol. The summed E-state index contributed by atoms with van der Waals surface area (Å²) in [6.45, 7) is 8.07. The van der Waals surface area contributed by atoms with Gasteiger partial charge < -0.3 is 48.5 Å². The van der Waals surface area contributed by atoms with Gasteiger partial charge in [0.05, 0.1) is 30.8 Å². The number of carbonyl (C=O) groups excluding carboxylic acids is 3. The number of nitrogen functional groups attached to an aromatic ring is 1. The molecule has 63 heavy (non-hydrogen) atoms. The molecular formula is C50H72N2O11. The first-order valence-corrected chi connectivity index (χ1v) is 23.7. The molecule has 0 spiro atoms. The molecule has 19 atom stereocenters. The Hall–Kier alpha value is -3.01. The molecule has 2 saturated carbocycles. The van der Waals surface area contributed by atoms with E-state index in [2.05, 4.69) is 38.1 Å². The molecule has 0 aromatic heterocycles. The number of benzene rings is 1. The topological polar surface area (TPSA) is 154 Å². The number of nitrogens with two attached hydrogens (primary N) is 1. The molecule has 8 rings (SSSR count). The summed E-state index contributed by atoms with van der Waals surface area (Å²) in [6.07, 6.45) is 6.59. The molecule has 13 nitrogen and oxygen atoms in total. The third-order valence-electron chi connectivity index (χ3n) is 16.1. The highest BCUT2D eigenvalue weighted by Gasteiger charge is 2.62. The molecule has 7 aliphatic rings. The molecule has 4 aliphatic carbocycles. The average molecular weight is 877 g/mol. The number of anilines is 1. The fourth-order valence-electron chi connectivity index (χ4n) is 13.1. The Kier molecular flexibility index (Phi) is 14.4. The Morgan fingerprint density at radius 1 is 0.810 bits per heavy atom. The van der Waals surface area contributed by atoms with Crippen molar-refractivity contribution in [1.82, 2.24) is 4.90 Å². The van der Waals surface area contributed by atoms with Crippen molar-refractivity contribution in [1.29, 1.82) is 0 Å². The number of allylic oxidation sites excluding steroid dienone is 4. The lowest BCUT2D eigenvalue weighted by Gasteiger charge is -2.45. The van der Waals surface area contributed by atoms with Gasteiger partial charge in [-0.25, -0.2) is 0 Å². The second kappa shape index (κ2) is 19.5. The van der Waals surface area contributed by atoms with Crippen LogP contribution in [0.4, 0.5) is 5.69 Å². The second-order valence-electron chi connectivity index (χ2n) is 19.8. The first-order valence-electron chi connectivity index (χ1n) is 23.7. The summed E-state index contributed by atoms with van der Waals surface area (Å²) in [5.41, 5.74) is 8.94. The van der Waals surface area contributed by atoms with Crippen LogP contribution in [0.3, 0.4) is 0 Å². The van der Waals surface area contributed by atoms with Gasteiger partial charge in [-0.05, 0) is 132 Å². The molecule has 3 saturated heterocycles. The molecule has 1 aromatic carbocycles. The van der Waals surface area contributed by atoms with Gasteiger partial charge in [-0.3, -0.25) is 14.4 Å². The van der Waals surface area contributed by atoms with Crippen molar-refractivity contribution >= 4 is 28.8 Å². The summed E-state index contributed by atoms with van der Waals surface area (Å²) in [7, 11) is 9.07. The van der Waals surface area contributed by atoms with E-state index in [0.29, 0.717) is 55.0 Å². The van der Waals surface area contributed by atoms with E-state index in [1.165, 1.54) is 0 Å². The Morgan fingerprint density at radius 3 is 2.21 bits per heavy atom. The second-order valence-corrected chi connectivity index (χ2v) is 19.8. The number of fused-ring (bicyclic) bond motifs is 8. The van der Waals surface area contributed by atoms with Gasteiger partial charge in [0, 0.05) is 56.4 Å². The van der Waals surface area contributed by atoms with Gasteiger partial charge >= 0.3 is 5.97 Å². The van der Waals surface area contributed by atoms with Gasteiger partial charge in [0.15, 0.2) is 24.1 Å². The zero-order chi connectivity index (χ0) is 44.9. The number of nitrogens with zero attached hydrogens (tertiary/aromatic N) is 1. The number of Topliss-reactive ketones (excluding diaryl/α,β-unsaturated/α-hetero) is 2. The van der Waals surface area contributed by atoms with Crippen molar-refractivity contribution in [3.05, 3.63) is 47.6 Å². The first kappa shape index (κ1) is 46.5. The standard InChI is InChI=1S/C50H72N2O11/c1-10-30-15-12-16-40(63-42-18-17-39(52(5)6)26(3)59-42)25(2)45(54)38-23-35-33-20-31(62-50-49(58-9)48(57-8)47(56-7)27(4)60-50)21-34(33)36-22-32(28-13-11-14-29(51)19-28)46(55)44(36)43(35)37(38)24-41(53)61-30/h11,13-14,19,22-23,25-27,30-31,33-37,39-40,42-44,47-50H,10,12,15-18,20-21,24,51H2,1-9H3/t25-,26?,27?,30+,31+,33-,34-,35+,36?,37-,39+,40+,42+,43-,44?,47+,48?,49+,50+/m1/s1. The van der Waals surface area contributed by atoms with Crippen LogP contribution in [0.1, 0.15) is 91.0 Å². The van der Waals surface area contributed by atoms with E-state index in [4.69, 9.17) is 43.6 Å². The average Bonchev–Trinajstić information content (AvgIpc) is 3.94. The maximum Gasteiger partial charge on any atom is 0.306 e. The minimum atomic E-state index is -0.704. The minimum Gasteiger partial charge on any atom is -0.462 e. The lowest BCUT2D eigenvalue weighted by molar-refractivity contribution is -0.314. The number of hydrogen-bond acceptors (Lipinski definition) is 13. The maximum atomic E-state index is 15.3. The van der Waals surface area contributed by atoms with E-state index in [1.807, 2.05) is 45.0 Å². The Bertz CT molecular complexity index is 1880. The van der Waals surface area contributed by atoms with Crippen molar-refractivity contribution < 1.29 is 52.3 Å². The number of carbonyl (C=O) groups is 3. The monoisotopic (exact) mass is 877 g/mol. The van der Waals surface area contributed by atoms with E-state index >= 15 is 9.59 Å². The zero-order valence-electron chi connectivity index (χ0n) is 38.8. The van der Waals surface area contributed by atoms with Crippen LogP contribution < -0.4 is 5.73 Å². The number of methoxy groups -OCH3 is 3. The van der Waals surface area contributed by atoms with Crippen LogP contribution in [-0.2, 0) is 52.3 Å². The predicted octanol–water partition coefficient (Wildman–Crippen LogP) is 6.41. The smallest absolute Gasteiger partial charge is 0.306 e. The van der Waals surface area contributed by atoms with Crippen LogP contribution in [-0.4, -0.2) is 125 Å². The number of cyclic esters (lactones) is 1. The van der Waals surface area contributed by atoms with Crippen LogP contribution in [0.15, 0.2) is 42.0 Å². The number of esters is 1. The van der Waals surface area contributed by atoms with Crippen LogP contribution in [0.2, 0.25) is 0 Å². The van der Waals surface area contributed by atoms with Crippen molar-refractivity contribution in [2.45, 2.75) is 153 Å². The van der Waals surface area contributed by atoms with Crippen molar-refractivity contribution in [2.24, 2.45) is 47.3 Å². The number of hydrogen-bond donors (Lipinski definition) is 1. The number of ether oxygens (including phenoxy) is 8. The zero-order valence-corrected chi connectivity index (χ0v) is 38.8. The fourth-order valence-corrected chi connectivity index (χ4v) is 13.1. The summed E-state index contributed by atoms with van der Waals surface area (Å²) in [6, 6.07) is 7.80. The van der Waals surface area contributed by atoms with E-state index in [0.717, 1.165) is 24.8 Å². The molecular weight excluding hydrogens is 805 g/mol. The summed E-state index contributed by atoms with van der Waals surface area (Å²) in [4.78, 5) is 46.7. The Balaban J connectivity index is 1.14. The first-order chi connectivity index (χ1) is 30.3. The highest BCUT2D eigenvalue weighted by atomic mass is 16.7. The van der Waals surface area contributed by atoms with Gasteiger partial charge in [0.1, 0.15) is 24.4 Å². The molecule has 348 valence electrons. The lowest BCUT2D eigenvalue weighted by atomic mass is 9.57. The van der Waals surface area contributed by atoms with Crippen molar-refractivity contribution in [2.75, 3.05) is 41.2 Å². The SMILES string of the molecule is CC[C@H]1CCC[C@H](O[C@H]2CC[C@H](N(C)C)C(C)O2)[C@@H](C)C(=O)C2=C[C@H]3[C@@H]4C[C@H](O[C@@H]5OC(C)[C@H](OC)C(OC)[C@@H]5OC)C[C@H]4C4C=C(c5cccc(N)c5)C(=O)C4[C@H]3[C@@H]2CC(=O)O1. The number of likely N-dealkylation sites (N-methyl/N-ethyl adjacent to an activating group) is 1. The fraction of sp³-hybridized carbons (Fsp3) is 0.740. The van der Waals surface area contributed by atoms with Crippen LogP contribution in [0, 0.1) is 47.3 Å². The van der Waals surface area contributed by atoms with Gasteiger partial charge in [-0.15, -0.1) is 0 Å². The molecule has 2 N–H and O–H groups in total. The van der Waals surface area contributed by atoms with Crippen molar-refractivity contribution in [3.8, 4) is 0 Å². The number of ketones is 2. The number of rotatable bonds is 10. The quantitative estimate of drug-likeness (QED) is 0.204. The molecule has 0 bridgehead atoms. The Labute approximate surface area is 374 Å². The van der Waals surface area contributed by atoms with E-state index in [-0.39, 0.29) is 84.1 Å². The summed E-state index contributed by atoms with van der Waals surface area (Å²) < 4.78 is 50.5. The summed E-state index contributed by atoms with van der Waals surface area (Å²) in [5.74, 6) is -2.14. The highest BCUT2D eigenvalue weighted by Crippen LogP contribution is 2.64. The van der Waals surface area contributed by atoms with Crippen LogP contribution in [0.25, 0.3) is 5.57 Å². The normalized spacial score (nSPS) is 43.2. The molecule has 1 aromatic rings. The van der Waals surface area contributed by atoms with Gasteiger partial charge in [0.2, 0.25) is 0 Å². The third-order valence-corrected chi connectivity index (χ3v) is 16.1. The lowest BCUT2D eigenvalue weighted by Crippen LogP contribution is -2.59. The molecule has 5 unspecified atom stereocenters. The molecule has 13 heteroatoms. The largest absolute Gasteiger partial charge is 0.462 e. The van der Waals surface area contributed by atoms with E-state index in [9.17, 15) is 4.79 Å². The van der Waals surface area contributed by atoms with E-state index in [1.54, 1.807) is 21.3 Å². The minimum absolute atomic E-state index is 0.0167.